The zero-order chi connectivity index (χ0) is 26.8. The van der Waals surface area contributed by atoms with Crippen LogP contribution in [0.15, 0.2) is 79.0 Å². The maximum Gasteiger partial charge on any atom is 0.337 e. The summed E-state index contributed by atoms with van der Waals surface area (Å²) in [4.78, 5) is 19.0. The average molecular weight is 527 g/mol. The molecule has 38 heavy (non-hydrogen) atoms. The summed E-state index contributed by atoms with van der Waals surface area (Å²) < 4.78 is 12.8. The third-order valence-corrected chi connectivity index (χ3v) is 7.15. The van der Waals surface area contributed by atoms with Crippen LogP contribution in [0.25, 0.3) is 5.69 Å². The molecular formula is C30H30N4O3S. The number of methoxy groups -OCH3 is 1. The van der Waals surface area contributed by atoms with Crippen molar-refractivity contribution in [2.45, 2.75) is 32.9 Å². The molecule has 0 bridgehead atoms. The van der Waals surface area contributed by atoms with E-state index in [-0.39, 0.29) is 18.1 Å². The number of aromatic nitrogens is 2. The van der Waals surface area contributed by atoms with Crippen molar-refractivity contribution in [2.75, 3.05) is 18.6 Å². The number of esters is 1. The Balaban J connectivity index is 1.63. The molecule has 0 radical (unpaired) electrons. The molecule has 0 amide bonds. The monoisotopic (exact) mass is 526 g/mol. The Morgan fingerprint density at radius 1 is 1.03 bits per heavy atom. The largest absolute Gasteiger partial charge is 0.494 e. The average Bonchev–Trinajstić information content (AvgIpc) is 3.44. The molecule has 2 atom stereocenters. The predicted molar refractivity (Wildman–Crippen MR) is 152 cm³/mol. The van der Waals surface area contributed by atoms with Crippen molar-refractivity contribution in [3.8, 4) is 11.4 Å². The Kier molecular flexibility index (Phi) is 7.15. The van der Waals surface area contributed by atoms with Crippen LogP contribution in [0.4, 0.5) is 5.69 Å². The second kappa shape index (κ2) is 10.7. The van der Waals surface area contributed by atoms with E-state index < -0.39 is 0 Å². The molecule has 194 valence electrons. The van der Waals surface area contributed by atoms with E-state index in [0.29, 0.717) is 17.3 Å². The van der Waals surface area contributed by atoms with Gasteiger partial charge in [0.05, 0.1) is 37.1 Å². The Bertz CT molecular complexity index is 1470. The Hall–Kier alpha value is -4.17. The minimum Gasteiger partial charge on any atom is -0.494 e. The Morgan fingerprint density at radius 2 is 1.82 bits per heavy atom. The van der Waals surface area contributed by atoms with E-state index in [1.165, 1.54) is 7.11 Å². The molecule has 3 heterocycles. The van der Waals surface area contributed by atoms with E-state index in [1.54, 1.807) is 12.3 Å². The Labute approximate surface area is 228 Å². The molecule has 1 aliphatic rings. The summed E-state index contributed by atoms with van der Waals surface area (Å²) in [7, 11) is 1.39. The van der Waals surface area contributed by atoms with Crippen molar-refractivity contribution in [1.29, 1.82) is 0 Å². The Morgan fingerprint density at radius 3 is 2.50 bits per heavy atom. The van der Waals surface area contributed by atoms with Crippen LogP contribution >= 0.6 is 12.2 Å². The molecular weight excluding hydrogens is 496 g/mol. The number of hydrogen-bond acceptors (Lipinski definition) is 5. The van der Waals surface area contributed by atoms with Crippen molar-refractivity contribution in [3.63, 3.8) is 0 Å². The van der Waals surface area contributed by atoms with Gasteiger partial charge in [-0.25, -0.2) is 4.79 Å². The van der Waals surface area contributed by atoms with Gasteiger partial charge in [-0.1, -0.05) is 12.1 Å². The molecule has 1 saturated heterocycles. The van der Waals surface area contributed by atoms with E-state index >= 15 is 0 Å². The standard InChI is InChI=1S/C30H30N4O3S/c1-5-37-24-14-12-22(13-15-24)34-28(27(32-30(34)38)26-11-6-7-16-31-26)25-17-19(2)33(20(25)3)23-10-8-9-21(18-23)29(35)36-4/h6-18,27-28H,5H2,1-4H3,(H,32,38)/t27-,28-/m0/s1. The van der Waals surface area contributed by atoms with Crippen molar-refractivity contribution in [2.24, 2.45) is 0 Å². The number of pyridine rings is 1. The number of carbonyl (C=O) groups excluding carboxylic acids is 1. The highest BCUT2D eigenvalue weighted by Crippen LogP contribution is 2.44. The molecule has 1 aliphatic heterocycles. The van der Waals surface area contributed by atoms with Gasteiger partial charge >= 0.3 is 5.97 Å². The summed E-state index contributed by atoms with van der Waals surface area (Å²) in [5.74, 6) is 0.451. The first-order chi connectivity index (χ1) is 18.4. The summed E-state index contributed by atoms with van der Waals surface area (Å²) >= 11 is 5.89. The lowest BCUT2D eigenvalue weighted by molar-refractivity contribution is 0.0600. The van der Waals surface area contributed by atoms with Crippen LogP contribution in [-0.4, -0.2) is 34.3 Å². The number of anilines is 1. The molecule has 8 heteroatoms. The summed E-state index contributed by atoms with van der Waals surface area (Å²) in [5.41, 5.74) is 6.48. The van der Waals surface area contributed by atoms with Gasteiger partial charge in [0.2, 0.25) is 0 Å². The fourth-order valence-corrected chi connectivity index (χ4v) is 5.54. The van der Waals surface area contributed by atoms with Gasteiger partial charge in [0.1, 0.15) is 5.75 Å². The van der Waals surface area contributed by atoms with Gasteiger partial charge in [0, 0.05) is 29.0 Å². The molecule has 5 rings (SSSR count). The van der Waals surface area contributed by atoms with Crippen LogP contribution < -0.4 is 15.0 Å². The summed E-state index contributed by atoms with van der Waals surface area (Å²) in [6.07, 6.45) is 1.80. The molecule has 7 nitrogen and oxygen atoms in total. The van der Waals surface area contributed by atoms with E-state index in [0.717, 1.165) is 39.8 Å². The fourth-order valence-electron chi connectivity index (χ4n) is 5.19. The van der Waals surface area contributed by atoms with Crippen molar-refractivity contribution in [3.05, 3.63) is 107 Å². The maximum absolute atomic E-state index is 12.2. The zero-order valence-electron chi connectivity index (χ0n) is 21.8. The van der Waals surface area contributed by atoms with E-state index in [1.807, 2.05) is 67.6 Å². The molecule has 0 saturated carbocycles. The number of ether oxygens (including phenoxy) is 2. The molecule has 2 aromatic carbocycles. The first-order valence-electron chi connectivity index (χ1n) is 12.5. The van der Waals surface area contributed by atoms with Gasteiger partial charge in [-0.2, -0.15) is 0 Å². The minimum absolute atomic E-state index is 0.154. The van der Waals surface area contributed by atoms with E-state index in [2.05, 4.69) is 39.7 Å². The topological polar surface area (TPSA) is 68.6 Å². The van der Waals surface area contributed by atoms with Gasteiger partial charge in [0.25, 0.3) is 0 Å². The number of nitrogens with zero attached hydrogens (tertiary/aromatic N) is 3. The molecule has 0 spiro atoms. The van der Waals surface area contributed by atoms with Crippen molar-refractivity contribution < 1.29 is 14.3 Å². The number of aryl methyl sites for hydroxylation is 1. The highest BCUT2D eigenvalue weighted by Gasteiger charge is 2.42. The lowest BCUT2D eigenvalue weighted by Gasteiger charge is -2.28. The smallest absolute Gasteiger partial charge is 0.337 e. The van der Waals surface area contributed by atoms with Crippen molar-refractivity contribution >= 4 is 29.0 Å². The second-order valence-corrected chi connectivity index (χ2v) is 9.51. The SMILES string of the molecule is CCOc1ccc(N2C(=S)N[C@@H](c3ccccn3)[C@@H]2c2cc(C)n(-c3cccc(C(=O)OC)c3)c2C)cc1. The first-order valence-corrected chi connectivity index (χ1v) is 12.9. The summed E-state index contributed by atoms with van der Waals surface area (Å²) in [6.45, 7) is 6.74. The number of rotatable bonds is 7. The molecule has 0 unspecified atom stereocenters. The van der Waals surface area contributed by atoms with Gasteiger partial charge < -0.3 is 24.3 Å². The fraction of sp³-hybridized carbons (Fsp3) is 0.233. The molecule has 2 aromatic heterocycles. The molecule has 1 N–H and O–H groups in total. The number of hydrogen-bond donors (Lipinski definition) is 1. The lowest BCUT2D eigenvalue weighted by atomic mass is 9.96. The van der Waals surface area contributed by atoms with Gasteiger partial charge in [-0.3, -0.25) is 4.98 Å². The predicted octanol–water partition coefficient (Wildman–Crippen LogP) is 5.85. The van der Waals surface area contributed by atoms with Crippen LogP contribution in [0.1, 0.15) is 52.0 Å². The number of nitrogens with one attached hydrogen (secondary N) is 1. The first kappa shape index (κ1) is 25.5. The van der Waals surface area contributed by atoms with E-state index in [9.17, 15) is 4.79 Å². The second-order valence-electron chi connectivity index (χ2n) is 9.13. The lowest BCUT2D eigenvalue weighted by Crippen LogP contribution is -2.29. The van der Waals surface area contributed by atoms with Crippen LogP contribution in [0, 0.1) is 13.8 Å². The highest BCUT2D eigenvalue weighted by atomic mass is 32.1. The minimum atomic E-state index is -0.364. The third kappa shape index (κ3) is 4.63. The van der Waals surface area contributed by atoms with E-state index in [4.69, 9.17) is 21.7 Å². The van der Waals surface area contributed by atoms with Crippen LogP contribution in [-0.2, 0) is 4.74 Å². The van der Waals surface area contributed by atoms with Gasteiger partial charge in [-0.05, 0) is 99.2 Å². The highest BCUT2D eigenvalue weighted by molar-refractivity contribution is 7.80. The number of thiocarbonyl (C=S) groups is 1. The normalized spacial score (nSPS) is 16.8. The van der Waals surface area contributed by atoms with Crippen LogP contribution in [0.2, 0.25) is 0 Å². The van der Waals surface area contributed by atoms with Crippen LogP contribution in [0.5, 0.6) is 5.75 Å². The molecule has 1 fully saturated rings. The third-order valence-electron chi connectivity index (χ3n) is 6.84. The van der Waals surface area contributed by atoms with Crippen LogP contribution in [0.3, 0.4) is 0 Å². The summed E-state index contributed by atoms with van der Waals surface area (Å²) in [5, 5.41) is 4.16. The molecule has 0 aliphatic carbocycles. The van der Waals surface area contributed by atoms with Gasteiger partial charge in [0.15, 0.2) is 5.11 Å². The zero-order valence-corrected chi connectivity index (χ0v) is 22.7. The summed E-state index contributed by atoms with van der Waals surface area (Å²) in [6, 6.07) is 23.3. The quantitative estimate of drug-likeness (QED) is 0.239. The molecule has 4 aromatic rings. The number of carbonyl (C=O) groups is 1. The maximum atomic E-state index is 12.2. The number of benzene rings is 2. The van der Waals surface area contributed by atoms with Gasteiger partial charge in [-0.15, -0.1) is 0 Å². The van der Waals surface area contributed by atoms with Crippen molar-refractivity contribution in [1.82, 2.24) is 14.9 Å².